The first kappa shape index (κ1) is 12.1. The lowest BCUT2D eigenvalue weighted by atomic mass is 10.2. The maximum Gasteiger partial charge on any atom is 0.303 e. The van der Waals surface area contributed by atoms with Crippen LogP contribution in [0.15, 0.2) is 12.1 Å². The first-order valence-electron chi connectivity index (χ1n) is 4.11. The summed E-state index contributed by atoms with van der Waals surface area (Å²) in [4.78, 5) is 10.3. The van der Waals surface area contributed by atoms with Crippen molar-refractivity contribution in [1.29, 1.82) is 0 Å². The summed E-state index contributed by atoms with van der Waals surface area (Å²) in [6.07, 6.45) is 1.02. The molecule has 0 aromatic carbocycles. The van der Waals surface area contributed by atoms with Crippen molar-refractivity contribution in [2.24, 2.45) is 0 Å². The van der Waals surface area contributed by atoms with Crippen molar-refractivity contribution in [3.8, 4) is 0 Å². The summed E-state index contributed by atoms with van der Waals surface area (Å²) in [6.45, 7) is 0. The van der Waals surface area contributed by atoms with Gasteiger partial charge in [0.2, 0.25) is 10.0 Å². The normalized spacial score (nSPS) is 11.6. The number of carbonyl (C=O) groups is 1. The molecule has 0 aliphatic heterocycles. The van der Waals surface area contributed by atoms with E-state index in [4.69, 9.17) is 16.7 Å². The van der Waals surface area contributed by atoms with E-state index in [0.29, 0.717) is 5.69 Å². The molecule has 1 N–H and O–H groups in total. The summed E-state index contributed by atoms with van der Waals surface area (Å²) in [5.41, 5.74) is 0.380. The van der Waals surface area contributed by atoms with Gasteiger partial charge in [0.25, 0.3) is 0 Å². The lowest BCUT2D eigenvalue weighted by molar-refractivity contribution is -0.136. The van der Waals surface area contributed by atoms with Gasteiger partial charge in [0.1, 0.15) is 5.15 Å². The predicted molar refractivity (Wildman–Crippen MR) is 55.6 cm³/mol. The Labute approximate surface area is 92.3 Å². The van der Waals surface area contributed by atoms with Crippen LogP contribution in [-0.4, -0.2) is 29.7 Å². The van der Waals surface area contributed by atoms with Crippen molar-refractivity contribution < 1.29 is 18.3 Å². The van der Waals surface area contributed by atoms with Crippen LogP contribution in [0.25, 0.3) is 0 Å². The number of hydrogen-bond acceptors (Lipinski definition) is 3. The Balaban J connectivity index is 3.05. The zero-order valence-corrected chi connectivity index (χ0v) is 9.55. The quantitative estimate of drug-likeness (QED) is 0.865. The molecule has 0 atom stereocenters. The number of halogens is 1. The van der Waals surface area contributed by atoms with Crippen LogP contribution < -0.4 is 0 Å². The summed E-state index contributed by atoms with van der Waals surface area (Å²) in [6, 6.07) is 2.94. The number of rotatable bonds is 4. The van der Waals surface area contributed by atoms with Crippen LogP contribution in [0.4, 0.5) is 0 Å². The van der Waals surface area contributed by atoms with Crippen LogP contribution in [0, 0.1) is 0 Å². The molecule has 0 fully saturated rings. The molecule has 0 radical (unpaired) electrons. The van der Waals surface area contributed by atoms with Crippen molar-refractivity contribution in [2.45, 2.75) is 12.8 Å². The molecule has 0 spiro atoms. The number of hydrogen-bond donors (Lipinski definition) is 1. The van der Waals surface area contributed by atoms with Gasteiger partial charge in [-0.1, -0.05) is 11.6 Å². The minimum atomic E-state index is -3.48. The lowest BCUT2D eigenvalue weighted by Crippen LogP contribution is -2.14. The fourth-order valence-corrected chi connectivity index (χ4v) is 2.73. The fourth-order valence-electron chi connectivity index (χ4n) is 1.23. The maximum absolute atomic E-state index is 11.3. The highest BCUT2D eigenvalue weighted by Gasteiger charge is 2.15. The van der Waals surface area contributed by atoms with Crippen molar-refractivity contribution in [3.63, 3.8) is 0 Å². The summed E-state index contributed by atoms with van der Waals surface area (Å²) in [7, 11) is -3.48. The Morgan fingerprint density at radius 1 is 1.53 bits per heavy atom. The van der Waals surface area contributed by atoms with Gasteiger partial charge >= 0.3 is 5.97 Å². The van der Waals surface area contributed by atoms with E-state index in [-0.39, 0.29) is 18.0 Å². The molecular formula is C8H10ClNO4S. The number of nitrogens with zero attached hydrogens (tertiary/aromatic N) is 1. The van der Waals surface area contributed by atoms with Crippen molar-refractivity contribution >= 4 is 27.6 Å². The lowest BCUT2D eigenvalue weighted by Gasteiger charge is -2.06. The number of carboxylic acid groups (broad SMARTS) is 1. The van der Waals surface area contributed by atoms with Crippen LogP contribution in [0.2, 0.25) is 5.15 Å². The molecule has 1 aromatic rings. The summed E-state index contributed by atoms with van der Waals surface area (Å²) >= 11 is 5.68. The number of carboxylic acids is 1. The molecule has 84 valence electrons. The Hall–Kier alpha value is -1.01. The number of aryl methyl sites for hydroxylation is 1. The largest absolute Gasteiger partial charge is 0.481 e. The van der Waals surface area contributed by atoms with Crippen molar-refractivity contribution in [3.05, 3.63) is 23.0 Å². The van der Waals surface area contributed by atoms with Crippen molar-refractivity contribution in [1.82, 2.24) is 3.97 Å². The van der Waals surface area contributed by atoms with Crippen LogP contribution in [-0.2, 0) is 21.2 Å². The van der Waals surface area contributed by atoms with Gasteiger partial charge < -0.3 is 5.11 Å². The van der Waals surface area contributed by atoms with E-state index < -0.39 is 16.0 Å². The molecule has 7 heteroatoms. The van der Waals surface area contributed by atoms with Gasteiger partial charge in [0, 0.05) is 5.69 Å². The smallest absolute Gasteiger partial charge is 0.303 e. The molecule has 0 aliphatic rings. The molecular weight excluding hydrogens is 242 g/mol. The van der Waals surface area contributed by atoms with Gasteiger partial charge in [-0.25, -0.2) is 12.4 Å². The molecule has 0 aliphatic carbocycles. The minimum absolute atomic E-state index is 0.0675. The van der Waals surface area contributed by atoms with Gasteiger partial charge in [-0.15, -0.1) is 0 Å². The Bertz CT molecular complexity index is 477. The highest BCUT2D eigenvalue weighted by Crippen LogP contribution is 2.18. The zero-order valence-electron chi connectivity index (χ0n) is 7.97. The molecule has 1 heterocycles. The average Bonchev–Trinajstić information content (AvgIpc) is 2.42. The first-order chi connectivity index (χ1) is 6.82. The molecule has 0 saturated heterocycles. The first-order valence-corrected chi connectivity index (χ1v) is 6.33. The summed E-state index contributed by atoms with van der Waals surface area (Å²) in [5, 5.41) is 8.55. The molecule has 0 bridgehead atoms. The van der Waals surface area contributed by atoms with E-state index in [2.05, 4.69) is 0 Å². The van der Waals surface area contributed by atoms with Gasteiger partial charge in [-0.3, -0.25) is 4.79 Å². The standard InChI is InChI=1S/C8H10ClNO4S/c1-15(13,14)10-6(2-4-7(10)9)3-5-8(11)12/h2,4H,3,5H2,1H3,(H,11,12). The third-order valence-electron chi connectivity index (χ3n) is 1.79. The molecule has 0 saturated carbocycles. The molecule has 1 rings (SSSR count). The topological polar surface area (TPSA) is 76.4 Å². The molecule has 1 aromatic heterocycles. The Kier molecular flexibility index (Phi) is 3.41. The van der Waals surface area contributed by atoms with Gasteiger partial charge in [-0.05, 0) is 18.6 Å². The average molecular weight is 252 g/mol. The van der Waals surface area contributed by atoms with E-state index in [1.54, 1.807) is 0 Å². The van der Waals surface area contributed by atoms with Gasteiger partial charge in [-0.2, -0.15) is 0 Å². The zero-order chi connectivity index (χ0) is 11.6. The van der Waals surface area contributed by atoms with Crippen LogP contribution in [0.5, 0.6) is 0 Å². The second-order valence-electron chi connectivity index (χ2n) is 3.07. The highest BCUT2D eigenvalue weighted by molar-refractivity contribution is 7.89. The predicted octanol–water partition coefficient (Wildman–Crippen LogP) is 0.966. The van der Waals surface area contributed by atoms with E-state index in [1.165, 1.54) is 12.1 Å². The Morgan fingerprint density at radius 2 is 2.13 bits per heavy atom. The maximum atomic E-state index is 11.3. The van der Waals surface area contributed by atoms with Crippen LogP contribution in [0.3, 0.4) is 0 Å². The highest BCUT2D eigenvalue weighted by atomic mass is 35.5. The molecule has 0 amide bonds. The van der Waals surface area contributed by atoms with Gasteiger partial charge in [0.15, 0.2) is 0 Å². The van der Waals surface area contributed by atoms with Gasteiger partial charge in [0.05, 0.1) is 12.7 Å². The second kappa shape index (κ2) is 4.24. The monoisotopic (exact) mass is 251 g/mol. The third-order valence-corrected chi connectivity index (χ3v) is 3.28. The number of aromatic nitrogens is 1. The molecule has 15 heavy (non-hydrogen) atoms. The van der Waals surface area contributed by atoms with Crippen LogP contribution in [0.1, 0.15) is 12.1 Å². The minimum Gasteiger partial charge on any atom is -0.481 e. The third kappa shape index (κ3) is 2.97. The molecule has 0 unspecified atom stereocenters. The van der Waals surface area contributed by atoms with Crippen LogP contribution >= 0.6 is 11.6 Å². The van der Waals surface area contributed by atoms with E-state index in [0.717, 1.165) is 10.2 Å². The van der Waals surface area contributed by atoms with Crippen molar-refractivity contribution in [2.75, 3.05) is 6.26 Å². The van der Waals surface area contributed by atoms with E-state index in [9.17, 15) is 13.2 Å². The molecule has 5 nitrogen and oxygen atoms in total. The SMILES string of the molecule is CS(=O)(=O)n1c(Cl)ccc1CCC(=O)O. The second-order valence-corrected chi connectivity index (χ2v) is 5.29. The fraction of sp³-hybridized carbons (Fsp3) is 0.375. The van der Waals surface area contributed by atoms with E-state index in [1.807, 2.05) is 0 Å². The van der Waals surface area contributed by atoms with E-state index >= 15 is 0 Å². The number of aliphatic carboxylic acids is 1. The summed E-state index contributed by atoms with van der Waals surface area (Å²) in [5.74, 6) is -0.979. The summed E-state index contributed by atoms with van der Waals surface area (Å²) < 4.78 is 23.6. The Morgan fingerprint density at radius 3 is 2.60 bits per heavy atom.